The maximum atomic E-state index is 13.4. The number of benzene rings is 1. The molecule has 6 heteroatoms. The van der Waals surface area contributed by atoms with E-state index in [9.17, 15) is 14.0 Å². The van der Waals surface area contributed by atoms with Crippen molar-refractivity contribution in [3.8, 4) is 0 Å². The first-order valence-electron chi connectivity index (χ1n) is 4.24. The molecule has 1 aromatic heterocycles. The Kier molecular flexibility index (Phi) is 2.40. The fraction of sp³-hybridized carbons (Fsp3) is 0. The molecule has 0 saturated carbocycles. The molecule has 0 atom stereocenters. The van der Waals surface area contributed by atoms with Crippen LogP contribution in [0.1, 0.15) is 10.4 Å². The predicted octanol–water partition coefficient (Wildman–Crippen LogP) is 2.02. The second kappa shape index (κ2) is 3.61. The van der Waals surface area contributed by atoms with Crippen molar-refractivity contribution in [2.45, 2.75) is 0 Å². The third-order valence-corrected chi connectivity index (χ3v) is 2.35. The lowest BCUT2D eigenvalue weighted by Gasteiger charge is -2.01. The highest BCUT2D eigenvalue weighted by Crippen LogP contribution is 2.19. The number of halogens is 2. The van der Waals surface area contributed by atoms with Gasteiger partial charge in [-0.2, -0.15) is 0 Å². The summed E-state index contributed by atoms with van der Waals surface area (Å²) in [6.45, 7) is 0. The fourth-order valence-corrected chi connectivity index (χ4v) is 1.62. The van der Waals surface area contributed by atoms with E-state index in [-0.39, 0.29) is 15.9 Å². The van der Waals surface area contributed by atoms with Crippen molar-refractivity contribution in [1.29, 1.82) is 0 Å². The zero-order valence-electron chi connectivity index (χ0n) is 7.75. The van der Waals surface area contributed by atoms with Gasteiger partial charge in [-0.3, -0.25) is 4.79 Å². The first kappa shape index (κ1) is 10.6. The summed E-state index contributed by atoms with van der Waals surface area (Å²) in [7, 11) is 0. The number of aromatic nitrogens is 1. The van der Waals surface area contributed by atoms with Crippen LogP contribution in [0.3, 0.4) is 0 Å². The number of carboxylic acids is 1. The van der Waals surface area contributed by atoms with Crippen LogP contribution in [-0.4, -0.2) is 16.1 Å². The van der Waals surface area contributed by atoms with Crippen molar-refractivity contribution in [3.05, 3.63) is 45.0 Å². The van der Waals surface area contributed by atoms with Crippen LogP contribution in [-0.2, 0) is 0 Å². The summed E-state index contributed by atoms with van der Waals surface area (Å²) >= 11 is 5.59. The SMILES string of the molecule is O=C(O)c1c[nH]c2c(F)cc(Cl)cc2c1=O. The first-order valence-corrected chi connectivity index (χ1v) is 4.62. The largest absolute Gasteiger partial charge is 0.477 e. The second-order valence-electron chi connectivity index (χ2n) is 3.15. The molecular formula is C10H5ClFNO3. The van der Waals surface area contributed by atoms with E-state index in [1.807, 2.05) is 0 Å². The van der Waals surface area contributed by atoms with Gasteiger partial charge >= 0.3 is 5.97 Å². The average molecular weight is 242 g/mol. The molecule has 16 heavy (non-hydrogen) atoms. The molecule has 0 saturated heterocycles. The highest BCUT2D eigenvalue weighted by Gasteiger charge is 2.13. The van der Waals surface area contributed by atoms with Gasteiger partial charge in [0.25, 0.3) is 0 Å². The zero-order valence-corrected chi connectivity index (χ0v) is 8.51. The third kappa shape index (κ3) is 1.55. The van der Waals surface area contributed by atoms with Crippen molar-refractivity contribution < 1.29 is 14.3 Å². The summed E-state index contributed by atoms with van der Waals surface area (Å²) in [6, 6.07) is 2.27. The van der Waals surface area contributed by atoms with Gasteiger partial charge in [0, 0.05) is 11.2 Å². The number of pyridine rings is 1. The molecule has 0 fully saturated rings. The van der Waals surface area contributed by atoms with Crippen LogP contribution in [0.2, 0.25) is 5.02 Å². The molecule has 0 spiro atoms. The highest BCUT2D eigenvalue weighted by molar-refractivity contribution is 6.31. The lowest BCUT2D eigenvalue weighted by Crippen LogP contribution is -2.15. The van der Waals surface area contributed by atoms with Crippen LogP contribution in [0.25, 0.3) is 10.9 Å². The zero-order chi connectivity index (χ0) is 11.9. The standard InChI is InChI=1S/C10H5ClFNO3/c11-4-1-5-8(7(12)2-4)13-3-6(9(5)14)10(15)16/h1-3H,(H,13,14)(H,15,16). The Balaban J connectivity index is 2.95. The van der Waals surface area contributed by atoms with Crippen LogP contribution < -0.4 is 5.43 Å². The van der Waals surface area contributed by atoms with E-state index >= 15 is 0 Å². The van der Waals surface area contributed by atoms with Crippen molar-refractivity contribution in [2.75, 3.05) is 0 Å². The van der Waals surface area contributed by atoms with Crippen molar-refractivity contribution in [2.24, 2.45) is 0 Å². The molecule has 1 aromatic carbocycles. The monoisotopic (exact) mass is 241 g/mol. The molecule has 2 aromatic rings. The number of fused-ring (bicyclic) bond motifs is 1. The molecule has 0 aliphatic rings. The van der Waals surface area contributed by atoms with E-state index in [1.54, 1.807) is 0 Å². The van der Waals surface area contributed by atoms with E-state index in [0.29, 0.717) is 0 Å². The van der Waals surface area contributed by atoms with E-state index in [0.717, 1.165) is 12.3 Å². The lowest BCUT2D eigenvalue weighted by molar-refractivity contribution is 0.0695. The molecule has 0 aliphatic carbocycles. The number of carboxylic acid groups (broad SMARTS) is 1. The molecule has 0 amide bonds. The Bertz CT molecular complexity index is 650. The van der Waals surface area contributed by atoms with Crippen molar-refractivity contribution in [1.82, 2.24) is 4.98 Å². The first-order chi connectivity index (χ1) is 7.50. The Hall–Kier alpha value is -1.88. The van der Waals surface area contributed by atoms with Gasteiger partial charge in [-0.1, -0.05) is 11.6 Å². The molecule has 82 valence electrons. The van der Waals surface area contributed by atoms with Gasteiger partial charge in [-0.05, 0) is 12.1 Å². The summed E-state index contributed by atoms with van der Waals surface area (Å²) in [5.74, 6) is -2.07. The number of H-pyrrole nitrogens is 1. The minimum absolute atomic E-state index is 0.0399. The number of hydrogen-bond donors (Lipinski definition) is 2. The fourth-order valence-electron chi connectivity index (χ4n) is 1.41. The highest BCUT2D eigenvalue weighted by atomic mass is 35.5. The van der Waals surface area contributed by atoms with E-state index in [1.165, 1.54) is 6.07 Å². The molecule has 1 heterocycles. The Morgan fingerprint density at radius 1 is 1.44 bits per heavy atom. The van der Waals surface area contributed by atoms with Crippen molar-refractivity contribution in [3.63, 3.8) is 0 Å². The summed E-state index contributed by atoms with van der Waals surface area (Å²) < 4.78 is 13.4. The van der Waals surface area contributed by atoms with Crippen LogP contribution in [0.5, 0.6) is 0 Å². The van der Waals surface area contributed by atoms with Crippen LogP contribution in [0.15, 0.2) is 23.1 Å². The molecule has 4 nitrogen and oxygen atoms in total. The second-order valence-corrected chi connectivity index (χ2v) is 3.58. The van der Waals surface area contributed by atoms with Crippen LogP contribution in [0.4, 0.5) is 4.39 Å². The van der Waals surface area contributed by atoms with Gasteiger partial charge in [-0.15, -0.1) is 0 Å². The number of rotatable bonds is 1. The van der Waals surface area contributed by atoms with E-state index in [2.05, 4.69) is 4.98 Å². The summed E-state index contributed by atoms with van der Waals surface area (Å²) in [5.41, 5.74) is -1.27. The summed E-state index contributed by atoms with van der Waals surface area (Å²) in [4.78, 5) is 24.8. The lowest BCUT2D eigenvalue weighted by atomic mass is 10.1. The van der Waals surface area contributed by atoms with Crippen LogP contribution in [0, 0.1) is 5.82 Å². The number of hydrogen-bond acceptors (Lipinski definition) is 2. The smallest absolute Gasteiger partial charge is 0.341 e. The van der Waals surface area contributed by atoms with Gasteiger partial charge in [-0.25, -0.2) is 9.18 Å². The van der Waals surface area contributed by atoms with E-state index < -0.39 is 22.8 Å². The van der Waals surface area contributed by atoms with Crippen LogP contribution >= 0.6 is 11.6 Å². The topological polar surface area (TPSA) is 70.2 Å². The molecule has 0 aliphatic heterocycles. The quantitative estimate of drug-likeness (QED) is 0.802. The maximum Gasteiger partial charge on any atom is 0.341 e. The Labute approximate surface area is 93.3 Å². The maximum absolute atomic E-state index is 13.4. The minimum Gasteiger partial charge on any atom is -0.477 e. The molecule has 2 rings (SSSR count). The van der Waals surface area contributed by atoms with Gasteiger partial charge in [0.05, 0.1) is 10.9 Å². The van der Waals surface area contributed by atoms with Crippen molar-refractivity contribution >= 4 is 28.5 Å². The number of aromatic amines is 1. The molecule has 2 N–H and O–H groups in total. The normalized spacial score (nSPS) is 10.6. The molecular weight excluding hydrogens is 237 g/mol. The van der Waals surface area contributed by atoms with Gasteiger partial charge < -0.3 is 10.1 Å². The van der Waals surface area contributed by atoms with Gasteiger partial charge in [0.1, 0.15) is 11.4 Å². The third-order valence-electron chi connectivity index (χ3n) is 2.14. The minimum atomic E-state index is -1.37. The number of carbonyl (C=O) groups is 1. The summed E-state index contributed by atoms with van der Waals surface area (Å²) in [6.07, 6.45) is 0.962. The predicted molar refractivity (Wildman–Crippen MR) is 56.5 cm³/mol. The molecule has 0 unspecified atom stereocenters. The van der Waals surface area contributed by atoms with Gasteiger partial charge in [0.15, 0.2) is 0 Å². The summed E-state index contributed by atoms with van der Waals surface area (Å²) in [5, 5.41) is 8.68. The Morgan fingerprint density at radius 3 is 2.75 bits per heavy atom. The molecule has 0 radical (unpaired) electrons. The van der Waals surface area contributed by atoms with Gasteiger partial charge in [0.2, 0.25) is 5.43 Å². The molecule has 0 bridgehead atoms. The number of aromatic carboxylic acids is 1. The average Bonchev–Trinajstić information content (AvgIpc) is 2.19. The van der Waals surface area contributed by atoms with E-state index in [4.69, 9.17) is 16.7 Å². The number of nitrogens with one attached hydrogen (secondary N) is 1. The Morgan fingerprint density at radius 2 is 2.12 bits per heavy atom.